The molecule has 0 aliphatic heterocycles. The minimum Gasteiger partial charge on any atom is -0.258 e. The molecular formula is C14H21FN2O4S. The van der Waals surface area contributed by atoms with Gasteiger partial charge in [-0.2, -0.15) is 4.39 Å². The van der Waals surface area contributed by atoms with Crippen molar-refractivity contribution in [1.29, 1.82) is 0 Å². The van der Waals surface area contributed by atoms with Crippen LogP contribution in [0.3, 0.4) is 0 Å². The maximum absolute atomic E-state index is 13.3. The van der Waals surface area contributed by atoms with Crippen LogP contribution >= 0.6 is 0 Å². The van der Waals surface area contributed by atoms with Gasteiger partial charge in [0.15, 0.2) is 0 Å². The highest BCUT2D eigenvalue weighted by molar-refractivity contribution is 7.89. The van der Waals surface area contributed by atoms with Gasteiger partial charge in [0.1, 0.15) is 0 Å². The van der Waals surface area contributed by atoms with E-state index in [1.54, 1.807) is 6.92 Å². The first kappa shape index (κ1) is 18.5. The number of halogens is 1. The van der Waals surface area contributed by atoms with Crippen LogP contribution in [-0.2, 0) is 10.0 Å². The van der Waals surface area contributed by atoms with Crippen molar-refractivity contribution in [3.63, 3.8) is 0 Å². The molecule has 124 valence electrons. The Labute approximate surface area is 129 Å². The third-order valence-electron chi connectivity index (χ3n) is 3.20. The molecule has 0 heterocycles. The molecule has 0 radical (unpaired) electrons. The summed E-state index contributed by atoms with van der Waals surface area (Å²) < 4.78 is 40.1. The lowest BCUT2D eigenvalue weighted by Gasteiger charge is -2.14. The van der Waals surface area contributed by atoms with E-state index in [1.807, 2.05) is 0 Å². The Hall–Kier alpha value is -1.54. The molecule has 0 saturated carbocycles. The van der Waals surface area contributed by atoms with Crippen molar-refractivity contribution >= 4 is 15.7 Å². The number of sulfonamides is 1. The third-order valence-corrected chi connectivity index (χ3v) is 4.79. The first-order chi connectivity index (χ1) is 10.1. The van der Waals surface area contributed by atoms with Gasteiger partial charge in [-0.3, -0.25) is 10.1 Å². The zero-order chi connectivity index (χ0) is 16.9. The van der Waals surface area contributed by atoms with Crippen LogP contribution in [0.25, 0.3) is 0 Å². The average Bonchev–Trinajstić information content (AvgIpc) is 2.37. The van der Waals surface area contributed by atoms with Gasteiger partial charge in [0.05, 0.1) is 9.82 Å². The van der Waals surface area contributed by atoms with Gasteiger partial charge in [0, 0.05) is 12.1 Å². The summed E-state index contributed by atoms with van der Waals surface area (Å²) in [5, 5.41) is 10.7. The smallest absolute Gasteiger partial charge is 0.258 e. The number of rotatable bonds is 8. The lowest BCUT2D eigenvalue weighted by Crippen LogP contribution is -2.32. The monoisotopic (exact) mass is 332 g/mol. The maximum Gasteiger partial charge on any atom is 0.306 e. The van der Waals surface area contributed by atoms with E-state index >= 15 is 0 Å². The number of hydrogen-bond donors (Lipinski definition) is 1. The van der Waals surface area contributed by atoms with E-state index in [1.165, 1.54) is 0 Å². The van der Waals surface area contributed by atoms with E-state index in [2.05, 4.69) is 18.6 Å². The van der Waals surface area contributed by atoms with Gasteiger partial charge in [-0.1, -0.05) is 26.7 Å². The Morgan fingerprint density at radius 1 is 1.27 bits per heavy atom. The number of nitrogens with zero attached hydrogens (tertiary/aromatic N) is 1. The molecule has 0 aromatic heterocycles. The van der Waals surface area contributed by atoms with Gasteiger partial charge in [0.2, 0.25) is 15.8 Å². The fourth-order valence-electron chi connectivity index (χ4n) is 2.02. The second kappa shape index (κ2) is 7.64. The number of benzene rings is 1. The summed E-state index contributed by atoms with van der Waals surface area (Å²) in [5.41, 5.74) is -0.852. The van der Waals surface area contributed by atoms with E-state index in [-0.39, 0.29) is 10.9 Å². The zero-order valence-corrected chi connectivity index (χ0v) is 13.7. The predicted octanol–water partition coefficient (Wildman–Crippen LogP) is 3.23. The normalized spacial score (nSPS) is 13.3. The molecule has 0 fully saturated rings. The summed E-state index contributed by atoms with van der Waals surface area (Å²) in [7, 11) is -3.90. The highest BCUT2D eigenvalue weighted by Gasteiger charge is 2.22. The van der Waals surface area contributed by atoms with Gasteiger partial charge in [-0.15, -0.1) is 0 Å². The summed E-state index contributed by atoms with van der Waals surface area (Å²) in [4.78, 5) is 9.43. The van der Waals surface area contributed by atoms with Crippen LogP contribution in [0, 0.1) is 21.8 Å². The molecular weight excluding hydrogens is 311 g/mol. The zero-order valence-electron chi connectivity index (χ0n) is 12.9. The van der Waals surface area contributed by atoms with Gasteiger partial charge < -0.3 is 0 Å². The van der Waals surface area contributed by atoms with Crippen LogP contribution < -0.4 is 4.72 Å². The standard InChI is InChI=1S/C14H21FN2O4S/c1-10(2)5-4-6-11(3)16-22(20,21)12-7-8-13(15)14(9-12)17(18)19/h7-11,16H,4-6H2,1-3H3/t11-/m0/s1. The number of nitrogens with one attached hydrogen (secondary N) is 1. The van der Waals surface area contributed by atoms with E-state index in [9.17, 15) is 22.9 Å². The van der Waals surface area contributed by atoms with Crippen LogP contribution in [0.15, 0.2) is 23.1 Å². The van der Waals surface area contributed by atoms with Crippen LogP contribution in [0.5, 0.6) is 0 Å². The fourth-order valence-corrected chi connectivity index (χ4v) is 3.32. The van der Waals surface area contributed by atoms with Crippen LogP contribution in [0.2, 0.25) is 0 Å². The summed E-state index contributed by atoms with van der Waals surface area (Å²) in [6.07, 6.45) is 2.54. The summed E-state index contributed by atoms with van der Waals surface area (Å²) in [6.45, 7) is 5.91. The summed E-state index contributed by atoms with van der Waals surface area (Å²) in [6, 6.07) is 2.24. The Morgan fingerprint density at radius 2 is 1.91 bits per heavy atom. The van der Waals surface area contributed by atoms with Crippen LogP contribution in [-0.4, -0.2) is 19.4 Å². The number of nitro groups is 1. The molecule has 1 N–H and O–H groups in total. The molecule has 0 aliphatic carbocycles. The highest BCUT2D eigenvalue weighted by atomic mass is 32.2. The molecule has 0 aliphatic rings. The first-order valence-electron chi connectivity index (χ1n) is 7.09. The third kappa shape index (κ3) is 5.34. The van der Waals surface area contributed by atoms with Gasteiger partial charge in [0.25, 0.3) is 0 Å². The Bertz CT molecular complexity index is 632. The van der Waals surface area contributed by atoms with E-state index in [4.69, 9.17) is 0 Å². The van der Waals surface area contributed by atoms with Crippen molar-refractivity contribution in [2.45, 2.75) is 51.0 Å². The topological polar surface area (TPSA) is 89.3 Å². The minimum absolute atomic E-state index is 0.298. The fraction of sp³-hybridized carbons (Fsp3) is 0.571. The van der Waals surface area contributed by atoms with Crippen molar-refractivity contribution in [2.75, 3.05) is 0 Å². The van der Waals surface area contributed by atoms with E-state index in [0.29, 0.717) is 12.3 Å². The molecule has 1 aromatic rings. The van der Waals surface area contributed by atoms with Gasteiger partial charge in [-0.05, 0) is 31.4 Å². The first-order valence-corrected chi connectivity index (χ1v) is 8.58. The molecule has 6 nitrogen and oxygen atoms in total. The molecule has 8 heteroatoms. The largest absolute Gasteiger partial charge is 0.306 e. The molecule has 0 amide bonds. The van der Waals surface area contributed by atoms with Crippen LogP contribution in [0.1, 0.15) is 40.0 Å². The summed E-state index contributed by atoms with van der Waals surface area (Å²) in [5.74, 6) is -0.516. The Kier molecular flexibility index (Phi) is 6.43. The maximum atomic E-state index is 13.3. The number of hydrogen-bond acceptors (Lipinski definition) is 4. The number of nitro benzene ring substituents is 1. The molecule has 0 unspecified atom stereocenters. The van der Waals surface area contributed by atoms with Crippen molar-refractivity contribution in [3.05, 3.63) is 34.1 Å². The summed E-state index contributed by atoms with van der Waals surface area (Å²) >= 11 is 0. The molecule has 1 aromatic carbocycles. The van der Waals surface area contributed by atoms with Crippen molar-refractivity contribution < 1.29 is 17.7 Å². The molecule has 0 saturated heterocycles. The van der Waals surface area contributed by atoms with Crippen molar-refractivity contribution in [3.8, 4) is 0 Å². The van der Waals surface area contributed by atoms with E-state index < -0.39 is 26.5 Å². The average molecular weight is 332 g/mol. The SMILES string of the molecule is CC(C)CCC[C@H](C)NS(=O)(=O)c1ccc(F)c([N+](=O)[O-])c1. The van der Waals surface area contributed by atoms with Crippen molar-refractivity contribution in [2.24, 2.45) is 5.92 Å². The second-order valence-corrected chi connectivity index (χ2v) is 7.43. The molecule has 0 spiro atoms. The Morgan fingerprint density at radius 3 is 2.45 bits per heavy atom. The predicted molar refractivity (Wildman–Crippen MR) is 81.5 cm³/mol. The quantitative estimate of drug-likeness (QED) is 0.584. The Balaban J connectivity index is 2.82. The van der Waals surface area contributed by atoms with Crippen LogP contribution in [0.4, 0.5) is 10.1 Å². The van der Waals surface area contributed by atoms with Gasteiger partial charge >= 0.3 is 5.69 Å². The minimum atomic E-state index is -3.90. The molecule has 22 heavy (non-hydrogen) atoms. The highest BCUT2D eigenvalue weighted by Crippen LogP contribution is 2.22. The van der Waals surface area contributed by atoms with Crippen molar-refractivity contribution in [1.82, 2.24) is 4.72 Å². The lowest BCUT2D eigenvalue weighted by molar-refractivity contribution is -0.387. The second-order valence-electron chi connectivity index (χ2n) is 5.72. The molecule has 1 rings (SSSR count). The molecule has 0 bridgehead atoms. The lowest BCUT2D eigenvalue weighted by atomic mass is 10.0. The van der Waals surface area contributed by atoms with E-state index in [0.717, 1.165) is 31.0 Å². The van der Waals surface area contributed by atoms with Gasteiger partial charge in [-0.25, -0.2) is 13.1 Å². The molecule has 1 atom stereocenters.